The van der Waals surface area contributed by atoms with Gasteiger partial charge in [0.15, 0.2) is 0 Å². The van der Waals surface area contributed by atoms with Gasteiger partial charge in [-0.05, 0) is 23.3 Å². The SMILES string of the molecule is O=C(/C=C/c1ccccc1)N1CCN(Cc2ccccc2Cl)CC1. The highest BCUT2D eigenvalue weighted by Gasteiger charge is 2.20. The summed E-state index contributed by atoms with van der Waals surface area (Å²) in [5.74, 6) is 0.0799. The van der Waals surface area contributed by atoms with Gasteiger partial charge in [0, 0.05) is 43.8 Å². The van der Waals surface area contributed by atoms with Gasteiger partial charge in [-0.3, -0.25) is 9.69 Å². The predicted molar refractivity (Wildman–Crippen MR) is 98.8 cm³/mol. The zero-order chi connectivity index (χ0) is 16.8. The molecule has 1 heterocycles. The second kappa shape index (κ2) is 8.13. The van der Waals surface area contributed by atoms with E-state index in [9.17, 15) is 4.79 Å². The van der Waals surface area contributed by atoms with Crippen LogP contribution < -0.4 is 0 Å². The summed E-state index contributed by atoms with van der Waals surface area (Å²) in [5, 5.41) is 0.807. The number of hydrogen-bond acceptors (Lipinski definition) is 2. The van der Waals surface area contributed by atoms with Gasteiger partial charge in [-0.25, -0.2) is 0 Å². The largest absolute Gasteiger partial charge is 0.337 e. The molecule has 1 aliphatic heterocycles. The second-order valence-electron chi connectivity index (χ2n) is 5.94. The molecule has 0 radical (unpaired) electrons. The maximum atomic E-state index is 12.3. The van der Waals surface area contributed by atoms with Crippen molar-refractivity contribution in [1.29, 1.82) is 0 Å². The minimum Gasteiger partial charge on any atom is -0.337 e. The molecule has 124 valence electrons. The van der Waals surface area contributed by atoms with Crippen LogP contribution in [0.4, 0.5) is 0 Å². The maximum Gasteiger partial charge on any atom is 0.246 e. The van der Waals surface area contributed by atoms with Crippen molar-refractivity contribution in [2.75, 3.05) is 26.2 Å². The Hall–Kier alpha value is -2.10. The van der Waals surface area contributed by atoms with Crippen molar-refractivity contribution in [3.05, 3.63) is 76.8 Å². The normalized spacial score (nSPS) is 15.8. The zero-order valence-electron chi connectivity index (χ0n) is 13.6. The minimum absolute atomic E-state index is 0.0799. The summed E-state index contributed by atoms with van der Waals surface area (Å²) in [7, 11) is 0. The molecule has 24 heavy (non-hydrogen) atoms. The fourth-order valence-electron chi connectivity index (χ4n) is 2.83. The molecule has 0 atom stereocenters. The highest BCUT2D eigenvalue weighted by molar-refractivity contribution is 6.31. The van der Waals surface area contributed by atoms with E-state index >= 15 is 0 Å². The van der Waals surface area contributed by atoms with Crippen LogP contribution in [0.5, 0.6) is 0 Å². The Labute approximate surface area is 148 Å². The van der Waals surface area contributed by atoms with Crippen LogP contribution >= 0.6 is 11.6 Å². The molecule has 0 aliphatic carbocycles. The number of hydrogen-bond donors (Lipinski definition) is 0. The highest BCUT2D eigenvalue weighted by Crippen LogP contribution is 2.18. The molecule has 0 N–H and O–H groups in total. The Bertz CT molecular complexity index is 707. The number of piperazine rings is 1. The second-order valence-corrected chi connectivity index (χ2v) is 6.34. The van der Waals surface area contributed by atoms with Crippen molar-refractivity contribution < 1.29 is 4.79 Å². The molecule has 0 unspecified atom stereocenters. The van der Waals surface area contributed by atoms with Crippen LogP contribution in [0.3, 0.4) is 0 Å². The van der Waals surface area contributed by atoms with Crippen LogP contribution in [-0.4, -0.2) is 41.9 Å². The van der Waals surface area contributed by atoms with Gasteiger partial charge in [0.2, 0.25) is 5.91 Å². The molecule has 1 aliphatic rings. The van der Waals surface area contributed by atoms with Gasteiger partial charge in [-0.1, -0.05) is 60.1 Å². The van der Waals surface area contributed by atoms with Gasteiger partial charge in [0.1, 0.15) is 0 Å². The molecule has 0 saturated carbocycles. The first-order valence-electron chi connectivity index (χ1n) is 8.20. The molecule has 4 heteroatoms. The molecule has 1 saturated heterocycles. The molecule has 0 bridgehead atoms. The first kappa shape index (κ1) is 16.7. The Kier molecular flexibility index (Phi) is 5.68. The number of carbonyl (C=O) groups is 1. The smallest absolute Gasteiger partial charge is 0.246 e. The van der Waals surface area contributed by atoms with E-state index in [4.69, 9.17) is 11.6 Å². The third kappa shape index (κ3) is 4.47. The molecule has 0 spiro atoms. The molecule has 3 rings (SSSR count). The lowest BCUT2D eigenvalue weighted by Gasteiger charge is -2.34. The topological polar surface area (TPSA) is 23.6 Å². The van der Waals surface area contributed by atoms with E-state index in [0.29, 0.717) is 0 Å². The van der Waals surface area contributed by atoms with Crippen LogP contribution in [0.2, 0.25) is 5.02 Å². The summed E-state index contributed by atoms with van der Waals surface area (Å²) in [6.07, 6.45) is 3.54. The summed E-state index contributed by atoms with van der Waals surface area (Å²) >= 11 is 6.22. The monoisotopic (exact) mass is 340 g/mol. The molecule has 2 aromatic rings. The molecular formula is C20H21ClN2O. The fourth-order valence-corrected chi connectivity index (χ4v) is 3.03. The average Bonchev–Trinajstić information content (AvgIpc) is 2.63. The lowest BCUT2D eigenvalue weighted by atomic mass is 10.2. The van der Waals surface area contributed by atoms with Gasteiger partial charge in [0.05, 0.1) is 0 Å². The summed E-state index contributed by atoms with van der Waals surface area (Å²) in [5.41, 5.74) is 2.19. The van der Waals surface area contributed by atoms with Gasteiger partial charge in [-0.15, -0.1) is 0 Å². The Morgan fingerprint density at radius 1 is 0.958 bits per heavy atom. The van der Waals surface area contributed by atoms with Crippen LogP contribution in [0.15, 0.2) is 60.7 Å². The van der Waals surface area contributed by atoms with E-state index < -0.39 is 0 Å². The zero-order valence-corrected chi connectivity index (χ0v) is 14.3. The van der Waals surface area contributed by atoms with Crippen molar-refractivity contribution >= 4 is 23.6 Å². The van der Waals surface area contributed by atoms with E-state index in [0.717, 1.165) is 48.9 Å². The Balaban J connectivity index is 1.50. The molecular weight excluding hydrogens is 320 g/mol. The number of carbonyl (C=O) groups excluding carboxylic acids is 1. The lowest BCUT2D eigenvalue weighted by Crippen LogP contribution is -2.47. The highest BCUT2D eigenvalue weighted by atomic mass is 35.5. The first-order chi connectivity index (χ1) is 11.7. The van der Waals surface area contributed by atoms with Crippen LogP contribution in [0, 0.1) is 0 Å². The third-order valence-electron chi connectivity index (χ3n) is 4.25. The Morgan fingerprint density at radius 2 is 1.62 bits per heavy atom. The number of amides is 1. The van der Waals surface area contributed by atoms with Crippen LogP contribution in [0.25, 0.3) is 6.08 Å². The Morgan fingerprint density at radius 3 is 2.33 bits per heavy atom. The summed E-state index contributed by atoms with van der Waals surface area (Å²) in [6.45, 7) is 4.08. The van der Waals surface area contributed by atoms with Crippen molar-refractivity contribution in [2.24, 2.45) is 0 Å². The van der Waals surface area contributed by atoms with Gasteiger partial charge >= 0.3 is 0 Å². The minimum atomic E-state index is 0.0799. The average molecular weight is 341 g/mol. The molecule has 3 nitrogen and oxygen atoms in total. The third-order valence-corrected chi connectivity index (χ3v) is 4.62. The maximum absolute atomic E-state index is 12.3. The van der Waals surface area contributed by atoms with E-state index in [1.807, 2.05) is 59.5 Å². The number of benzene rings is 2. The lowest BCUT2D eigenvalue weighted by molar-refractivity contribution is -0.127. The molecule has 0 aromatic heterocycles. The summed E-state index contributed by atoms with van der Waals surface area (Å²) in [6, 6.07) is 17.8. The van der Waals surface area contributed by atoms with Crippen molar-refractivity contribution in [2.45, 2.75) is 6.54 Å². The van der Waals surface area contributed by atoms with Gasteiger partial charge in [-0.2, -0.15) is 0 Å². The quantitative estimate of drug-likeness (QED) is 0.792. The molecule has 1 fully saturated rings. The van der Waals surface area contributed by atoms with Crippen LogP contribution in [0.1, 0.15) is 11.1 Å². The molecule has 1 amide bonds. The van der Waals surface area contributed by atoms with Crippen molar-refractivity contribution in [3.63, 3.8) is 0 Å². The summed E-state index contributed by atoms with van der Waals surface area (Å²) in [4.78, 5) is 16.5. The van der Waals surface area contributed by atoms with E-state index in [1.54, 1.807) is 6.08 Å². The fraction of sp³-hybridized carbons (Fsp3) is 0.250. The van der Waals surface area contributed by atoms with E-state index in [2.05, 4.69) is 11.0 Å². The van der Waals surface area contributed by atoms with Gasteiger partial charge < -0.3 is 4.90 Å². The number of rotatable bonds is 4. The standard InChI is InChI=1S/C20H21ClN2O/c21-19-9-5-4-8-18(19)16-22-12-14-23(15-13-22)20(24)11-10-17-6-2-1-3-7-17/h1-11H,12-16H2/b11-10+. The van der Waals surface area contributed by atoms with Crippen molar-refractivity contribution in [1.82, 2.24) is 9.80 Å². The predicted octanol–water partition coefficient (Wildman–Crippen LogP) is 3.70. The summed E-state index contributed by atoms with van der Waals surface area (Å²) < 4.78 is 0. The number of halogens is 1. The van der Waals surface area contributed by atoms with E-state index in [-0.39, 0.29) is 5.91 Å². The van der Waals surface area contributed by atoms with Crippen molar-refractivity contribution in [3.8, 4) is 0 Å². The van der Waals surface area contributed by atoms with Crippen LogP contribution in [-0.2, 0) is 11.3 Å². The number of nitrogens with zero attached hydrogens (tertiary/aromatic N) is 2. The van der Waals surface area contributed by atoms with E-state index in [1.165, 1.54) is 0 Å². The molecule has 2 aromatic carbocycles. The van der Waals surface area contributed by atoms with Gasteiger partial charge in [0.25, 0.3) is 0 Å². The first-order valence-corrected chi connectivity index (χ1v) is 8.58.